The quantitative estimate of drug-likeness (QED) is 0.657. The molecule has 1 unspecified atom stereocenters. The predicted molar refractivity (Wildman–Crippen MR) is 67.2 cm³/mol. The highest BCUT2D eigenvalue weighted by atomic mass is 16.4. The topological polar surface area (TPSA) is 78.4 Å². The van der Waals surface area contributed by atoms with Crippen LogP contribution in [0.15, 0.2) is 0 Å². The zero-order valence-electron chi connectivity index (χ0n) is 10.7. The molecule has 0 aromatic rings. The highest BCUT2D eigenvalue weighted by Crippen LogP contribution is 2.32. The third-order valence-electron chi connectivity index (χ3n) is 3.81. The number of aliphatic carboxylic acids is 1. The highest BCUT2D eigenvalue weighted by Gasteiger charge is 2.36. The van der Waals surface area contributed by atoms with E-state index in [2.05, 4.69) is 10.6 Å². The van der Waals surface area contributed by atoms with Crippen molar-refractivity contribution in [3.8, 4) is 0 Å². The lowest BCUT2D eigenvalue weighted by molar-refractivity contribution is -0.140. The number of carboxylic acids is 1. The second-order valence-electron chi connectivity index (χ2n) is 5.44. The molecule has 0 aromatic heterocycles. The van der Waals surface area contributed by atoms with Gasteiger partial charge in [0.05, 0.1) is 6.54 Å². The number of nitrogens with one attached hydrogen (secondary N) is 2. The molecule has 5 nitrogen and oxygen atoms in total. The summed E-state index contributed by atoms with van der Waals surface area (Å²) in [5.41, 5.74) is 0. The van der Waals surface area contributed by atoms with Gasteiger partial charge in [0.1, 0.15) is 6.04 Å². The fourth-order valence-corrected chi connectivity index (χ4v) is 2.61. The lowest BCUT2D eigenvalue weighted by atomic mass is 9.95. The first kappa shape index (κ1) is 13.3. The minimum atomic E-state index is -0.844. The molecule has 1 atom stereocenters. The van der Waals surface area contributed by atoms with Crippen LogP contribution in [0.2, 0.25) is 0 Å². The van der Waals surface area contributed by atoms with Gasteiger partial charge in [0.2, 0.25) is 5.91 Å². The Kier molecular flexibility index (Phi) is 4.58. The van der Waals surface area contributed by atoms with Gasteiger partial charge in [0, 0.05) is 6.04 Å². The van der Waals surface area contributed by atoms with Gasteiger partial charge in [-0.05, 0) is 31.6 Å². The second kappa shape index (κ2) is 6.18. The summed E-state index contributed by atoms with van der Waals surface area (Å²) in [6, 6.07) is -0.264. The lowest BCUT2D eigenvalue weighted by Crippen LogP contribution is -2.46. The number of hydrogen-bond acceptors (Lipinski definition) is 3. The number of hydrogen-bond donors (Lipinski definition) is 3. The van der Waals surface area contributed by atoms with Gasteiger partial charge in [-0.15, -0.1) is 0 Å². The Labute approximate surface area is 107 Å². The Balaban J connectivity index is 1.68. The van der Waals surface area contributed by atoms with Gasteiger partial charge in [-0.2, -0.15) is 0 Å². The first-order valence-electron chi connectivity index (χ1n) is 6.92. The van der Waals surface area contributed by atoms with Crippen molar-refractivity contribution in [3.05, 3.63) is 0 Å². The van der Waals surface area contributed by atoms with Crippen LogP contribution in [-0.4, -0.2) is 35.6 Å². The number of carboxylic acid groups (broad SMARTS) is 1. The molecule has 0 bridgehead atoms. The van der Waals surface area contributed by atoms with E-state index in [0.29, 0.717) is 0 Å². The standard InChI is InChI=1S/C13H22N2O3/c16-11(15-10-4-2-1-3-5-10)8-14-12(13(17)18)9-6-7-9/h9-10,12,14H,1-8H2,(H,15,16)(H,17,18). The number of amides is 1. The molecule has 102 valence electrons. The molecule has 2 aliphatic carbocycles. The second-order valence-corrected chi connectivity index (χ2v) is 5.44. The summed E-state index contributed by atoms with van der Waals surface area (Å²) in [5.74, 6) is -0.707. The summed E-state index contributed by atoms with van der Waals surface area (Å²) < 4.78 is 0. The molecule has 2 rings (SSSR count). The van der Waals surface area contributed by atoms with Crippen molar-refractivity contribution in [2.75, 3.05) is 6.54 Å². The summed E-state index contributed by atoms with van der Waals surface area (Å²) in [6.45, 7) is 0.115. The molecule has 2 aliphatic rings. The van der Waals surface area contributed by atoms with Gasteiger partial charge in [0.15, 0.2) is 0 Å². The van der Waals surface area contributed by atoms with E-state index in [1.54, 1.807) is 0 Å². The number of carbonyl (C=O) groups excluding carboxylic acids is 1. The van der Waals surface area contributed by atoms with Crippen LogP contribution in [-0.2, 0) is 9.59 Å². The van der Waals surface area contributed by atoms with Crippen molar-refractivity contribution in [3.63, 3.8) is 0 Å². The van der Waals surface area contributed by atoms with Crippen LogP contribution in [0.25, 0.3) is 0 Å². The van der Waals surface area contributed by atoms with Gasteiger partial charge in [-0.1, -0.05) is 19.3 Å². The van der Waals surface area contributed by atoms with Crippen molar-refractivity contribution in [2.45, 2.75) is 57.0 Å². The Morgan fingerprint density at radius 2 is 1.78 bits per heavy atom. The first-order chi connectivity index (χ1) is 8.66. The van der Waals surface area contributed by atoms with E-state index in [1.807, 2.05) is 0 Å². The SMILES string of the molecule is O=C(CNC(C(=O)O)C1CC1)NC1CCCCC1. The van der Waals surface area contributed by atoms with Crippen LogP contribution in [0.4, 0.5) is 0 Å². The lowest BCUT2D eigenvalue weighted by Gasteiger charge is -2.23. The van der Waals surface area contributed by atoms with E-state index in [4.69, 9.17) is 5.11 Å². The van der Waals surface area contributed by atoms with Gasteiger partial charge in [-0.3, -0.25) is 14.9 Å². The first-order valence-corrected chi connectivity index (χ1v) is 6.92. The van der Waals surface area contributed by atoms with E-state index in [9.17, 15) is 9.59 Å². The number of carbonyl (C=O) groups is 2. The van der Waals surface area contributed by atoms with Gasteiger partial charge >= 0.3 is 5.97 Å². The monoisotopic (exact) mass is 254 g/mol. The molecule has 0 heterocycles. The summed E-state index contributed by atoms with van der Waals surface area (Å²) in [4.78, 5) is 22.7. The van der Waals surface area contributed by atoms with Crippen LogP contribution < -0.4 is 10.6 Å². The van der Waals surface area contributed by atoms with Crippen molar-refractivity contribution < 1.29 is 14.7 Å². The molecule has 2 fully saturated rings. The molecule has 2 saturated carbocycles. The maximum Gasteiger partial charge on any atom is 0.320 e. The molecular formula is C13H22N2O3. The predicted octanol–water partition coefficient (Wildman–Crippen LogP) is 0.888. The average Bonchev–Trinajstić information content (AvgIpc) is 3.14. The maximum atomic E-state index is 11.7. The summed E-state index contributed by atoms with van der Waals surface area (Å²) in [7, 11) is 0. The molecular weight excluding hydrogens is 232 g/mol. The Morgan fingerprint density at radius 1 is 1.11 bits per heavy atom. The maximum absolute atomic E-state index is 11.7. The summed E-state index contributed by atoms with van der Waals surface area (Å²) in [5, 5.41) is 14.9. The smallest absolute Gasteiger partial charge is 0.320 e. The van der Waals surface area contributed by atoms with Gasteiger partial charge in [-0.25, -0.2) is 0 Å². The Bertz CT molecular complexity index is 309. The van der Waals surface area contributed by atoms with Crippen LogP contribution in [0, 0.1) is 5.92 Å². The van der Waals surface area contributed by atoms with Crippen LogP contribution in [0.5, 0.6) is 0 Å². The molecule has 5 heteroatoms. The molecule has 0 aromatic carbocycles. The molecule has 0 aliphatic heterocycles. The molecule has 18 heavy (non-hydrogen) atoms. The van der Waals surface area contributed by atoms with E-state index < -0.39 is 12.0 Å². The molecule has 1 amide bonds. The van der Waals surface area contributed by atoms with Crippen molar-refractivity contribution in [1.29, 1.82) is 0 Å². The van der Waals surface area contributed by atoms with Gasteiger partial charge in [0.25, 0.3) is 0 Å². The Morgan fingerprint density at radius 3 is 2.33 bits per heavy atom. The normalized spacial score (nSPS) is 22.4. The Hall–Kier alpha value is -1.10. The minimum absolute atomic E-state index is 0.0752. The summed E-state index contributed by atoms with van der Waals surface area (Å²) >= 11 is 0. The average molecular weight is 254 g/mol. The fraction of sp³-hybridized carbons (Fsp3) is 0.846. The van der Waals surface area contributed by atoms with Crippen molar-refractivity contribution in [2.24, 2.45) is 5.92 Å². The molecule has 3 N–H and O–H groups in total. The molecule has 0 radical (unpaired) electrons. The van der Waals surface area contributed by atoms with Crippen molar-refractivity contribution >= 4 is 11.9 Å². The number of rotatable bonds is 6. The highest BCUT2D eigenvalue weighted by molar-refractivity contribution is 5.80. The minimum Gasteiger partial charge on any atom is -0.480 e. The van der Waals surface area contributed by atoms with E-state index in [-0.39, 0.29) is 24.4 Å². The zero-order chi connectivity index (χ0) is 13.0. The fourth-order valence-electron chi connectivity index (χ4n) is 2.61. The van der Waals surface area contributed by atoms with Crippen molar-refractivity contribution in [1.82, 2.24) is 10.6 Å². The zero-order valence-corrected chi connectivity index (χ0v) is 10.7. The van der Waals surface area contributed by atoms with Gasteiger partial charge < -0.3 is 10.4 Å². The van der Waals surface area contributed by atoms with E-state index >= 15 is 0 Å². The largest absolute Gasteiger partial charge is 0.480 e. The van der Waals surface area contributed by atoms with Crippen LogP contribution in [0.1, 0.15) is 44.9 Å². The molecule has 0 spiro atoms. The third-order valence-corrected chi connectivity index (χ3v) is 3.81. The molecule has 0 saturated heterocycles. The van der Waals surface area contributed by atoms with Crippen LogP contribution >= 0.6 is 0 Å². The van der Waals surface area contributed by atoms with Crippen LogP contribution in [0.3, 0.4) is 0 Å². The van der Waals surface area contributed by atoms with E-state index in [0.717, 1.165) is 25.7 Å². The third kappa shape index (κ3) is 3.98. The summed E-state index contributed by atoms with van der Waals surface area (Å²) in [6.07, 6.45) is 7.62. The van der Waals surface area contributed by atoms with E-state index in [1.165, 1.54) is 19.3 Å².